The number of fused-ring (bicyclic) bond motifs is 1. The molecule has 0 saturated carbocycles. The van der Waals surface area contributed by atoms with Gasteiger partial charge in [0.25, 0.3) is 11.8 Å². The van der Waals surface area contributed by atoms with Crippen LogP contribution >= 0.6 is 0 Å². The van der Waals surface area contributed by atoms with E-state index in [9.17, 15) is 9.59 Å². The fourth-order valence-electron chi connectivity index (χ4n) is 2.28. The summed E-state index contributed by atoms with van der Waals surface area (Å²) in [6.07, 6.45) is 3.00. The van der Waals surface area contributed by atoms with Crippen LogP contribution in [-0.4, -0.2) is 22.0 Å². The number of anilines is 1. The van der Waals surface area contributed by atoms with Gasteiger partial charge in [0.2, 0.25) is 0 Å². The zero-order valence-corrected chi connectivity index (χ0v) is 10.0. The molecule has 0 bridgehead atoms. The van der Waals surface area contributed by atoms with Crippen LogP contribution in [0.2, 0.25) is 0 Å². The van der Waals surface area contributed by atoms with E-state index in [1.165, 1.54) is 12.4 Å². The average Bonchev–Trinajstić information content (AvgIpc) is 2.92. The summed E-state index contributed by atoms with van der Waals surface area (Å²) >= 11 is 0. The Bertz CT molecular complexity index is 618. The Kier molecular flexibility index (Phi) is 2.10. The van der Waals surface area contributed by atoms with Crippen LogP contribution in [0.5, 0.6) is 0 Å². The standard InChI is InChI=1S/C13H11N3O2/c1-7-3-4-8(2)11-10(7)12(17)16(13(11)18)9-5-14-15-6-9/h3-6H,1-2H3,(H,14,15). The second-order valence-corrected chi connectivity index (χ2v) is 4.35. The number of carbonyl (C=O) groups is 2. The Labute approximate surface area is 103 Å². The van der Waals surface area contributed by atoms with Gasteiger partial charge in [-0.3, -0.25) is 14.7 Å². The average molecular weight is 241 g/mol. The van der Waals surface area contributed by atoms with Gasteiger partial charge in [0.1, 0.15) is 0 Å². The summed E-state index contributed by atoms with van der Waals surface area (Å²) in [7, 11) is 0. The molecule has 5 nitrogen and oxygen atoms in total. The molecule has 1 aromatic heterocycles. The Balaban J connectivity index is 2.23. The highest BCUT2D eigenvalue weighted by Gasteiger charge is 2.39. The Morgan fingerprint density at radius 3 is 2.06 bits per heavy atom. The molecule has 1 aromatic carbocycles. The first-order chi connectivity index (χ1) is 8.61. The van der Waals surface area contributed by atoms with Gasteiger partial charge in [0.15, 0.2) is 0 Å². The zero-order chi connectivity index (χ0) is 12.9. The molecule has 18 heavy (non-hydrogen) atoms. The van der Waals surface area contributed by atoms with Crippen LogP contribution in [0.1, 0.15) is 31.8 Å². The second kappa shape index (κ2) is 3.53. The molecule has 5 heteroatoms. The van der Waals surface area contributed by atoms with Crippen molar-refractivity contribution in [3.8, 4) is 0 Å². The number of nitrogens with one attached hydrogen (secondary N) is 1. The van der Waals surface area contributed by atoms with E-state index in [1.807, 2.05) is 26.0 Å². The highest BCUT2D eigenvalue weighted by atomic mass is 16.2. The molecule has 1 aliphatic heterocycles. The molecule has 1 N–H and O–H groups in total. The van der Waals surface area contributed by atoms with Crippen LogP contribution in [0.4, 0.5) is 5.69 Å². The smallest absolute Gasteiger partial charge is 0.266 e. The van der Waals surface area contributed by atoms with Crippen molar-refractivity contribution < 1.29 is 9.59 Å². The van der Waals surface area contributed by atoms with Crippen molar-refractivity contribution in [2.75, 3.05) is 4.90 Å². The van der Waals surface area contributed by atoms with E-state index >= 15 is 0 Å². The fraction of sp³-hybridized carbons (Fsp3) is 0.154. The number of benzene rings is 1. The van der Waals surface area contributed by atoms with E-state index in [0.29, 0.717) is 16.8 Å². The number of aryl methyl sites for hydroxylation is 2. The highest BCUT2D eigenvalue weighted by Crippen LogP contribution is 2.31. The van der Waals surface area contributed by atoms with Gasteiger partial charge >= 0.3 is 0 Å². The van der Waals surface area contributed by atoms with Crippen molar-refractivity contribution in [2.45, 2.75) is 13.8 Å². The monoisotopic (exact) mass is 241 g/mol. The lowest BCUT2D eigenvalue weighted by atomic mass is 9.99. The summed E-state index contributed by atoms with van der Waals surface area (Å²) in [5, 5.41) is 6.38. The van der Waals surface area contributed by atoms with E-state index in [-0.39, 0.29) is 11.8 Å². The number of rotatable bonds is 1. The topological polar surface area (TPSA) is 66.1 Å². The first-order valence-electron chi connectivity index (χ1n) is 5.59. The fourth-order valence-corrected chi connectivity index (χ4v) is 2.28. The molecular weight excluding hydrogens is 230 g/mol. The summed E-state index contributed by atoms with van der Waals surface area (Å²) in [6.45, 7) is 3.67. The molecule has 0 spiro atoms. The summed E-state index contributed by atoms with van der Waals surface area (Å²) < 4.78 is 0. The molecule has 0 radical (unpaired) electrons. The molecule has 3 rings (SSSR count). The van der Waals surface area contributed by atoms with Crippen molar-refractivity contribution in [3.63, 3.8) is 0 Å². The highest BCUT2D eigenvalue weighted by molar-refractivity contribution is 6.35. The molecule has 2 heterocycles. The first-order valence-corrected chi connectivity index (χ1v) is 5.59. The molecule has 2 aromatic rings. The van der Waals surface area contributed by atoms with Gasteiger partial charge < -0.3 is 0 Å². The van der Waals surface area contributed by atoms with Gasteiger partial charge in [0, 0.05) is 6.20 Å². The number of amides is 2. The van der Waals surface area contributed by atoms with Crippen LogP contribution in [-0.2, 0) is 0 Å². The maximum Gasteiger partial charge on any atom is 0.266 e. The van der Waals surface area contributed by atoms with Crippen molar-refractivity contribution >= 4 is 17.5 Å². The predicted octanol–water partition coefficient (Wildman–Crippen LogP) is 1.83. The summed E-state index contributed by atoms with van der Waals surface area (Å²) in [5.74, 6) is -0.560. The maximum atomic E-state index is 12.3. The van der Waals surface area contributed by atoms with Gasteiger partial charge in [-0.15, -0.1) is 0 Å². The minimum absolute atomic E-state index is 0.280. The third-order valence-corrected chi connectivity index (χ3v) is 3.20. The van der Waals surface area contributed by atoms with Gasteiger partial charge in [-0.05, 0) is 25.0 Å². The summed E-state index contributed by atoms with van der Waals surface area (Å²) in [6, 6.07) is 3.72. The van der Waals surface area contributed by atoms with Crippen LogP contribution in [0.15, 0.2) is 24.5 Å². The summed E-state index contributed by atoms with van der Waals surface area (Å²) in [4.78, 5) is 25.8. The number of carbonyl (C=O) groups excluding carboxylic acids is 2. The zero-order valence-electron chi connectivity index (χ0n) is 10.0. The number of hydrogen-bond acceptors (Lipinski definition) is 3. The van der Waals surface area contributed by atoms with Crippen LogP contribution in [0.25, 0.3) is 0 Å². The molecule has 2 amide bonds. The van der Waals surface area contributed by atoms with Crippen LogP contribution in [0.3, 0.4) is 0 Å². The Morgan fingerprint density at radius 1 is 1.06 bits per heavy atom. The lowest BCUT2D eigenvalue weighted by Gasteiger charge is -2.10. The minimum Gasteiger partial charge on any atom is -0.284 e. The molecule has 1 aliphatic rings. The van der Waals surface area contributed by atoms with E-state index < -0.39 is 0 Å². The second-order valence-electron chi connectivity index (χ2n) is 4.35. The van der Waals surface area contributed by atoms with E-state index in [2.05, 4.69) is 10.2 Å². The summed E-state index contributed by atoms with van der Waals surface area (Å²) in [5.41, 5.74) is 3.11. The first kappa shape index (κ1) is 10.7. The quantitative estimate of drug-likeness (QED) is 0.774. The molecule has 90 valence electrons. The Morgan fingerprint density at radius 2 is 1.61 bits per heavy atom. The van der Waals surface area contributed by atoms with Gasteiger partial charge in [-0.2, -0.15) is 5.10 Å². The number of imide groups is 1. The molecule has 0 saturated heterocycles. The van der Waals surface area contributed by atoms with Crippen molar-refractivity contribution in [1.29, 1.82) is 0 Å². The Hall–Kier alpha value is -2.43. The number of aromatic amines is 1. The molecule has 0 aliphatic carbocycles. The molecular formula is C13H11N3O2. The molecule has 0 unspecified atom stereocenters. The minimum atomic E-state index is -0.280. The van der Waals surface area contributed by atoms with Crippen molar-refractivity contribution in [3.05, 3.63) is 46.8 Å². The predicted molar refractivity (Wildman–Crippen MR) is 65.6 cm³/mol. The lowest BCUT2D eigenvalue weighted by Crippen LogP contribution is -2.29. The maximum absolute atomic E-state index is 12.3. The molecule has 0 fully saturated rings. The van der Waals surface area contributed by atoms with E-state index in [0.717, 1.165) is 16.0 Å². The largest absolute Gasteiger partial charge is 0.284 e. The third kappa shape index (κ3) is 1.24. The number of H-pyrrole nitrogens is 1. The SMILES string of the molecule is Cc1ccc(C)c2c1C(=O)N(c1cn[nH]c1)C2=O. The van der Waals surface area contributed by atoms with Crippen LogP contribution < -0.4 is 4.90 Å². The van der Waals surface area contributed by atoms with Gasteiger partial charge in [-0.1, -0.05) is 12.1 Å². The van der Waals surface area contributed by atoms with Crippen LogP contribution in [0, 0.1) is 13.8 Å². The lowest BCUT2D eigenvalue weighted by molar-refractivity contribution is 0.0926. The van der Waals surface area contributed by atoms with Crippen molar-refractivity contribution in [1.82, 2.24) is 10.2 Å². The normalized spacial score (nSPS) is 14.2. The van der Waals surface area contributed by atoms with Gasteiger partial charge in [0.05, 0.1) is 23.0 Å². The molecule has 0 atom stereocenters. The van der Waals surface area contributed by atoms with Crippen molar-refractivity contribution in [2.24, 2.45) is 0 Å². The third-order valence-electron chi connectivity index (χ3n) is 3.20. The van der Waals surface area contributed by atoms with Gasteiger partial charge in [-0.25, -0.2) is 4.90 Å². The number of aromatic nitrogens is 2. The number of hydrogen-bond donors (Lipinski definition) is 1. The van der Waals surface area contributed by atoms with E-state index in [4.69, 9.17) is 0 Å². The number of nitrogens with zero attached hydrogens (tertiary/aromatic N) is 2. The van der Waals surface area contributed by atoms with E-state index in [1.54, 1.807) is 0 Å².